The zero-order valence-corrected chi connectivity index (χ0v) is 15.0. The predicted octanol–water partition coefficient (Wildman–Crippen LogP) is 3.50. The van der Waals surface area contributed by atoms with Crippen LogP contribution in [0.1, 0.15) is 35.0 Å². The summed E-state index contributed by atoms with van der Waals surface area (Å²) < 4.78 is 5.55. The van der Waals surface area contributed by atoms with E-state index in [4.69, 9.17) is 10.5 Å². The molecule has 3 N–H and O–H groups in total. The average Bonchev–Trinajstić information content (AvgIpc) is 3.26. The van der Waals surface area contributed by atoms with Gasteiger partial charge in [0.1, 0.15) is 9.71 Å². The highest BCUT2D eigenvalue weighted by Gasteiger charge is 2.20. The number of aryl methyl sites for hydroxylation is 1. The van der Waals surface area contributed by atoms with E-state index in [2.05, 4.69) is 29.4 Å². The summed E-state index contributed by atoms with van der Waals surface area (Å²) >= 11 is 1.35. The number of hydrogen-bond donors (Lipinski definition) is 2. The Bertz CT molecular complexity index is 945. The van der Waals surface area contributed by atoms with Gasteiger partial charge in [0.2, 0.25) is 0 Å². The lowest BCUT2D eigenvalue weighted by Crippen LogP contribution is -2.31. The highest BCUT2D eigenvalue weighted by atomic mass is 32.1. The Hall–Kier alpha value is -2.18. The monoisotopic (exact) mass is 355 g/mol. The fourth-order valence-corrected chi connectivity index (χ4v) is 4.23. The number of fused-ring (bicyclic) bond motifs is 2. The van der Waals surface area contributed by atoms with E-state index < -0.39 is 0 Å². The van der Waals surface area contributed by atoms with Crippen LogP contribution in [0.15, 0.2) is 24.3 Å². The number of nitrogens with two attached hydrogens (primary N) is 1. The SMILES string of the molecule is CCc1ccc2nc3sc(C(=O)NCC4CCCO4)c(N)c3cc2c1. The van der Waals surface area contributed by atoms with Gasteiger partial charge in [0.25, 0.3) is 5.91 Å². The number of carbonyl (C=O) groups excluding carboxylic acids is 1. The molecule has 1 atom stereocenters. The fourth-order valence-electron chi connectivity index (χ4n) is 3.23. The smallest absolute Gasteiger partial charge is 0.263 e. The molecular weight excluding hydrogens is 334 g/mol. The van der Waals surface area contributed by atoms with E-state index >= 15 is 0 Å². The molecule has 5 nitrogen and oxygen atoms in total. The quantitative estimate of drug-likeness (QED) is 0.751. The molecule has 1 aliphatic heterocycles. The first-order valence-electron chi connectivity index (χ1n) is 8.67. The van der Waals surface area contributed by atoms with E-state index in [1.807, 2.05) is 12.1 Å². The van der Waals surface area contributed by atoms with E-state index in [1.165, 1.54) is 16.9 Å². The fraction of sp³-hybridized carbons (Fsp3) is 0.368. The molecule has 0 bridgehead atoms. The van der Waals surface area contributed by atoms with Crippen molar-refractivity contribution in [3.05, 3.63) is 34.7 Å². The summed E-state index contributed by atoms with van der Waals surface area (Å²) in [6.45, 7) is 3.44. The van der Waals surface area contributed by atoms with E-state index in [1.54, 1.807) is 0 Å². The minimum Gasteiger partial charge on any atom is -0.397 e. The third kappa shape index (κ3) is 3.07. The van der Waals surface area contributed by atoms with Crippen molar-refractivity contribution in [1.82, 2.24) is 10.3 Å². The molecule has 3 aromatic rings. The van der Waals surface area contributed by atoms with E-state index in [9.17, 15) is 4.79 Å². The van der Waals surface area contributed by atoms with Crippen molar-refractivity contribution < 1.29 is 9.53 Å². The highest BCUT2D eigenvalue weighted by Crippen LogP contribution is 2.34. The molecule has 130 valence electrons. The molecule has 0 radical (unpaired) electrons. The van der Waals surface area contributed by atoms with Crippen LogP contribution in [0, 0.1) is 0 Å². The zero-order valence-electron chi connectivity index (χ0n) is 14.2. The number of benzene rings is 1. The number of amides is 1. The third-order valence-electron chi connectivity index (χ3n) is 4.71. The van der Waals surface area contributed by atoms with Gasteiger partial charge in [-0.05, 0) is 43.0 Å². The van der Waals surface area contributed by atoms with Crippen LogP contribution in [0.25, 0.3) is 21.1 Å². The number of nitrogen functional groups attached to an aromatic ring is 1. The van der Waals surface area contributed by atoms with E-state index in [-0.39, 0.29) is 12.0 Å². The van der Waals surface area contributed by atoms with Gasteiger partial charge in [-0.1, -0.05) is 13.0 Å². The summed E-state index contributed by atoms with van der Waals surface area (Å²) in [5.41, 5.74) is 8.97. The number of anilines is 1. The summed E-state index contributed by atoms with van der Waals surface area (Å²) in [5.74, 6) is -0.144. The zero-order chi connectivity index (χ0) is 17.4. The maximum atomic E-state index is 12.5. The summed E-state index contributed by atoms with van der Waals surface area (Å²) in [4.78, 5) is 18.5. The van der Waals surface area contributed by atoms with Gasteiger partial charge in [0.15, 0.2) is 0 Å². The lowest BCUT2D eigenvalue weighted by Gasteiger charge is -2.10. The van der Waals surface area contributed by atoms with Gasteiger partial charge in [0.05, 0.1) is 17.3 Å². The summed E-state index contributed by atoms with van der Waals surface area (Å²) in [5, 5.41) is 4.85. The molecule has 4 rings (SSSR count). The number of thiophene rings is 1. The molecule has 0 saturated carbocycles. The Morgan fingerprint density at radius 3 is 3.08 bits per heavy atom. The number of ether oxygens (including phenoxy) is 1. The van der Waals surface area contributed by atoms with Crippen molar-refractivity contribution in [2.45, 2.75) is 32.3 Å². The summed E-state index contributed by atoms with van der Waals surface area (Å²) in [6, 6.07) is 8.30. The second kappa shape index (κ2) is 6.61. The molecule has 0 spiro atoms. The second-order valence-corrected chi connectivity index (χ2v) is 7.41. The maximum Gasteiger partial charge on any atom is 0.263 e. The number of aromatic nitrogens is 1. The molecular formula is C19H21N3O2S. The van der Waals surface area contributed by atoms with Crippen molar-refractivity contribution in [3.63, 3.8) is 0 Å². The molecule has 25 heavy (non-hydrogen) atoms. The molecule has 1 amide bonds. The van der Waals surface area contributed by atoms with Crippen molar-refractivity contribution >= 4 is 44.1 Å². The lowest BCUT2D eigenvalue weighted by atomic mass is 10.1. The van der Waals surface area contributed by atoms with E-state index in [0.717, 1.165) is 47.0 Å². The highest BCUT2D eigenvalue weighted by molar-refractivity contribution is 7.21. The molecule has 1 fully saturated rings. The number of hydrogen-bond acceptors (Lipinski definition) is 5. The lowest BCUT2D eigenvalue weighted by molar-refractivity contribution is 0.0862. The van der Waals surface area contributed by atoms with Crippen LogP contribution in [0.4, 0.5) is 5.69 Å². The molecule has 2 aromatic heterocycles. The molecule has 1 unspecified atom stereocenters. The number of rotatable bonds is 4. The van der Waals surface area contributed by atoms with Crippen LogP contribution in [0.5, 0.6) is 0 Å². The first-order chi connectivity index (χ1) is 12.2. The van der Waals surface area contributed by atoms with Gasteiger partial charge in [-0.2, -0.15) is 0 Å². The Morgan fingerprint density at radius 1 is 1.44 bits per heavy atom. The Morgan fingerprint density at radius 2 is 2.32 bits per heavy atom. The second-order valence-electron chi connectivity index (χ2n) is 6.41. The minimum absolute atomic E-state index is 0.118. The molecule has 1 saturated heterocycles. The van der Waals surface area contributed by atoms with Gasteiger partial charge in [0, 0.05) is 23.9 Å². The summed E-state index contributed by atoms with van der Waals surface area (Å²) in [7, 11) is 0. The first kappa shape index (κ1) is 16.3. The minimum atomic E-state index is -0.144. The number of carbonyl (C=O) groups is 1. The maximum absolute atomic E-state index is 12.5. The summed E-state index contributed by atoms with van der Waals surface area (Å²) in [6.07, 6.45) is 3.15. The molecule has 1 aromatic carbocycles. The van der Waals surface area contributed by atoms with Crippen LogP contribution in [0.2, 0.25) is 0 Å². The molecule has 3 heterocycles. The van der Waals surface area contributed by atoms with Gasteiger partial charge in [-0.15, -0.1) is 11.3 Å². The van der Waals surface area contributed by atoms with Crippen LogP contribution >= 0.6 is 11.3 Å². The number of nitrogens with zero attached hydrogens (tertiary/aromatic N) is 1. The standard InChI is InChI=1S/C19H21N3O2S/c1-2-11-5-6-15-12(8-11)9-14-16(20)17(25-19(14)22-15)18(23)21-10-13-4-3-7-24-13/h5-6,8-9,13H,2-4,7,10,20H2,1H3,(H,21,23). The topological polar surface area (TPSA) is 77.2 Å². The molecule has 6 heteroatoms. The Balaban J connectivity index is 1.66. The van der Waals surface area contributed by atoms with Crippen LogP contribution in [0.3, 0.4) is 0 Å². The van der Waals surface area contributed by atoms with Crippen molar-refractivity contribution in [3.8, 4) is 0 Å². The van der Waals surface area contributed by atoms with Gasteiger partial charge < -0.3 is 15.8 Å². The third-order valence-corrected chi connectivity index (χ3v) is 5.82. The van der Waals surface area contributed by atoms with Crippen LogP contribution in [-0.2, 0) is 11.2 Å². The van der Waals surface area contributed by atoms with Crippen molar-refractivity contribution in [2.24, 2.45) is 0 Å². The first-order valence-corrected chi connectivity index (χ1v) is 9.49. The molecule has 0 aliphatic carbocycles. The van der Waals surface area contributed by atoms with Crippen LogP contribution in [-0.4, -0.2) is 30.1 Å². The van der Waals surface area contributed by atoms with Gasteiger partial charge in [-0.3, -0.25) is 4.79 Å². The van der Waals surface area contributed by atoms with Gasteiger partial charge in [-0.25, -0.2) is 4.98 Å². The molecule has 1 aliphatic rings. The largest absolute Gasteiger partial charge is 0.397 e. The van der Waals surface area contributed by atoms with Crippen molar-refractivity contribution in [2.75, 3.05) is 18.9 Å². The van der Waals surface area contributed by atoms with E-state index in [0.29, 0.717) is 17.1 Å². The predicted molar refractivity (Wildman–Crippen MR) is 102 cm³/mol. The average molecular weight is 355 g/mol. The Kier molecular flexibility index (Phi) is 4.31. The van der Waals surface area contributed by atoms with Gasteiger partial charge >= 0.3 is 0 Å². The van der Waals surface area contributed by atoms with Crippen molar-refractivity contribution in [1.29, 1.82) is 0 Å². The number of pyridine rings is 1. The normalized spacial score (nSPS) is 17.4. The Labute approximate surface area is 150 Å². The number of nitrogens with one attached hydrogen (secondary N) is 1. The van der Waals surface area contributed by atoms with Crippen LogP contribution < -0.4 is 11.1 Å².